The number of hydrogen-bond acceptors (Lipinski definition) is 4. The maximum Gasteiger partial charge on any atom is 0.0878 e. The minimum Gasteiger partial charge on any atom is -0.544 e. The molecule has 0 saturated carbocycles. The summed E-state index contributed by atoms with van der Waals surface area (Å²) in [6, 6.07) is 0. The van der Waals surface area contributed by atoms with Gasteiger partial charge in [-0.3, -0.25) is 0 Å². The Bertz CT molecular complexity index is 14.0. The molecule has 0 aliphatic rings. The van der Waals surface area contributed by atoms with Crippen LogP contribution in [-0.4, -0.2) is 0 Å². The molecule has 0 aliphatic heterocycles. The lowest BCUT2D eigenvalue weighted by atomic mass is 14.0. The summed E-state index contributed by atoms with van der Waals surface area (Å²) in [5, 5.41) is 0. The van der Waals surface area contributed by atoms with E-state index in [1.54, 1.807) is 0 Å². The predicted octanol–water partition coefficient (Wildman–Crippen LogP) is -4.00. The van der Waals surface area contributed by atoms with E-state index in [0.717, 1.165) is 0 Å². The van der Waals surface area contributed by atoms with Crippen LogP contribution in [0, 0.1) is 22.7 Å². The van der Waals surface area contributed by atoms with E-state index in [1.165, 1.54) is 0 Å². The molecule has 8 heteroatoms. The fourth-order valence-corrected chi connectivity index (χ4v) is 0. The maximum atomic E-state index is 8.24. The molecule has 0 heterocycles. The Morgan fingerprint density at radius 2 is 0.625 bits per heavy atom. The van der Waals surface area contributed by atoms with Gasteiger partial charge in [-0.05, 0) is 0 Å². The van der Waals surface area contributed by atoms with Crippen LogP contribution in [0.1, 0.15) is 0 Å². The Morgan fingerprint density at radius 1 is 0.625 bits per heavy atom. The fraction of sp³-hybridized carbons (Fsp3) is 0. The average molecular weight is 171 g/mol. The van der Waals surface area contributed by atoms with Crippen LogP contribution in [0.25, 0.3) is 0 Å². The lowest BCUT2D eigenvalue weighted by molar-refractivity contribution is -1.41. The standard InChI is InChI=1S/2ClO2.2H3N/c2*2-1-3;;/h;;2*1H3/q2*-1;;/p+2. The van der Waals surface area contributed by atoms with E-state index >= 15 is 0 Å². The summed E-state index contributed by atoms with van der Waals surface area (Å²) in [6.45, 7) is 0. The van der Waals surface area contributed by atoms with Gasteiger partial charge in [0.05, 0.1) is 22.7 Å². The zero-order valence-electron chi connectivity index (χ0n) is 4.39. The first-order chi connectivity index (χ1) is 2.83. The molecule has 0 saturated heterocycles. The molecule has 56 valence electrons. The third-order valence-corrected chi connectivity index (χ3v) is 0. The number of hydrogen-bond donors (Lipinski definition) is 2. The Hall–Kier alpha value is 0.340. The molecule has 0 atom stereocenters. The van der Waals surface area contributed by atoms with Gasteiger partial charge < -0.3 is 30.9 Å². The first-order valence-electron chi connectivity index (χ1n) is 0.617. The zero-order chi connectivity index (χ0) is 5.41. The highest BCUT2D eigenvalue weighted by molar-refractivity contribution is 2.14. The molecule has 0 bridgehead atoms. The van der Waals surface area contributed by atoms with E-state index < -0.39 is 22.7 Å². The van der Waals surface area contributed by atoms with Gasteiger partial charge in [-0.25, -0.2) is 0 Å². The molecule has 8 heavy (non-hydrogen) atoms. The maximum absolute atomic E-state index is 8.24. The van der Waals surface area contributed by atoms with Crippen LogP contribution in [0.3, 0.4) is 0 Å². The van der Waals surface area contributed by atoms with Crippen molar-refractivity contribution in [3.8, 4) is 0 Å². The summed E-state index contributed by atoms with van der Waals surface area (Å²) in [4.78, 5) is 0. The van der Waals surface area contributed by atoms with Crippen LogP contribution in [0.5, 0.6) is 0 Å². The van der Waals surface area contributed by atoms with Crippen molar-refractivity contribution in [1.82, 2.24) is 12.3 Å². The van der Waals surface area contributed by atoms with E-state index in [4.69, 9.17) is 18.6 Å². The van der Waals surface area contributed by atoms with Crippen molar-refractivity contribution >= 4 is 0 Å². The highest BCUT2D eigenvalue weighted by atomic mass is 35.6. The molecule has 0 aromatic carbocycles. The van der Waals surface area contributed by atoms with E-state index in [9.17, 15) is 0 Å². The second-order valence-corrected chi connectivity index (χ2v) is 0.378. The van der Waals surface area contributed by atoms with Gasteiger partial charge in [-0.1, -0.05) is 0 Å². The van der Waals surface area contributed by atoms with E-state index in [2.05, 4.69) is 0 Å². The Morgan fingerprint density at radius 3 is 0.625 bits per heavy atom. The molecule has 0 rings (SSSR count). The van der Waals surface area contributed by atoms with E-state index in [0.29, 0.717) is 0 Å². The Kier molecular flexibility index (Phi) is 161. The number of halogens is 2. The Balaban J connectivity index is -0.0000000160. The van der Waals surface area contributed by atoms with Gasteiger partial charge in [-0.2, -0.15) is 0 Å². The van der Waals surface area contributed by atoms with Crippen molar-refractivity contribution < 1.29 is 41.3 Å². The molecule has 0 aliphatic carbocycles. The van der Waals surface area contributed by atoms with Crippen molar-refractivity contribution in [3.63, 3.8) is 0 Å². The third-order valence-electron chi connectivity index (χ3n) is 0. The number of rotatable bonds is 0. The van der Waals surface area contributed by atoms with Gasteiger partial charge >= 0.3 is 0 Å². The monoisotopic (exact) mass is 170 g/mol. The third kappa shape index (κ3) is 1560. The molecule has 6 nitrogen and oxygen atoms in total. The van der Waals surface area contributed by atoms with Crippen LogP contribution in [0.4, 0.5) is 0 Å². The second kappa shape index (κ2) is 53.9. The summed E-state index contributed by atoms with van der Waals surface area (Å²) < 4.78 is 32.9. The summed E-state index contributed by atoms with van der Waals surface area (Å²) in [5.74, 6) is 0. The molecule has 0 spiro atoms. The molecule has 0 aromatic rings. The first-order valence-corrected chi connectivity index (χ1v) is 1.85. The molecule has 0 amide bonds. The Labute approximate surface area is 54.4 Å². The van der Waals surface area contributed by atoms with Crippen molar-refractivity contribution in [2.45, 2.75) is 0 Å². The number of quaternary nitrogens is 2. The van der Waals surface area contributed by atoms with Crippen molar-refractivity contribution in [2.75, 3.05) is 0 Å². The van der Waals surface area contributed by atoms with Crippen molar-refractivity contribution in [3.05, 3.63) is 0 Å². The van der Waals surface area contributed by atoms with Gasteiger partial charge in [0.2, 0.25) is 0 Å². The molecule has 0 fully saturated rings. The van der Waals surface area contributed by atoms with Crippen LogP contribution in [-0.2, 0) is 0 Å². The van der Waals surface area contributed by atoms with Gasteiger partial charge in [-0.15, -0.1) is 0 Å². The SMILES string of the molecule is [NH4+].[NH4+].[O-][Cl+][O-].[O-][Cl+][O-]. The van der Waals surface area contributed by atoms with Crippen LogP contribution in [0.15, 0.2) is 0 Å². The largest absolute Gasteiger partial charge is 0.544 e. The molecular formula is H8Cl2N2O4. The highest BCUT2D eigenvalue weighted by Gasteiger charge is 1.22. The minimum absolute atomic E-state index is 0. The first kappa shape index (κ1) is 23.9. The van der Waals surface area contributed by atoms with E-state index in [-0.39, 0.29) is 12.3 Å². The molecular weight excluding hydrogens is 163 g/mol. The molecule has 0 aromatic heterocycles. The molecule has 0 unspecified atom stereocenters. The van der Waals surface area contributed by atoms with Gasteiger partial charge in [0, 0.05) is 0 Å². The smallest absolute Gasteiger partial charge is 0.0878 e. The second-order valence-electron chi connectivity index (χ2n) is 0.126. The summed E-state index contributed by atoms with van der Waals surface area (Å²) in [5.41, 5.74) is 0. The fourth-order valence-electron chi connectivity index (χ4n) is 0. The minimum atomic E-state index is -0.417. The molecule has 8 N–H and O–H groups in total. The van der Waals surface area contributed by atoms with Crippen LogP contribution in [0.2, 0.25) is 0 Å². The normalized spacial score (nSPS) is 4.50. The summed E-state index contributed by atoms with van der Waals surface area (Å²) in [7, 11) is 0. The van der Waals surface area contributed by atoms with Crippen molar-refractivity contribution in [2.24, 2.45) is 0 Å². The van der Waals surface area contributed by atoms with Gasteiger partial charge in [0.15, 0.2) is 0 Å². The summed E-state index contributed by atoms with van der Waals surface area (Å²) >= 11 is -0.833. The van der Waals surface area contributed by atoms with Crippen LogP contribution >= 0.6 is 0 Å². The topological polar surface area (TPSA) is 165 Å². The summed E-state index contributed by atoms with van der Waals surface area (Å²) in [6.07, 6.45) is 0. The zero-order valence-corrected chi connectivity index (χ0v) is 5.90. The van der Waals surface area contributed by atoms with Crippen molar-refractivity contribution in [1.29, 1.82) is 0 Å². The average Bonchev–Trinajstić information content (AvgIpc) is 1.39. The predicted molar refractivity (Wildman–Crippen MR) is 12.0 cm³/mol. The van der Waals surface area contributed by atoms with Crippen LogP contribution < -0.4 is 30.9 Å². The highest BCUT2D eigenvalue weighted by Crippen LogP contribution is 0.943. The quantitative estimate of drug-likeness (QED) is 0.379. The molecule has 0 radical (unpaired) electrons. The van der Waals surface area contributed by atoms with Gasteiger partial charge in [0.1, 0.15) is 0 Å². The lowest BCUT2D eigenvalue weighted by Gasteiger charge is -1.68. The van der Waals surface area contributed by atoms with Gasteiger partial charge in [0.25, 0.3) is 0 Å². The lowest BCUT2D eigenvalue weighted by Crippen LogP contribution is -2.13. The van der Waals surface area contributed by atoms with E-state index in [1.807, 2.05) is 0 Å².